The number of rotatable bonds is 13. The lowest BCUT2D eigenvalue weighted by atomic mass is 10.0. The average Bonchev–Trinajstić information content (AvgIpc) is 2.30. The lowest BCUT2D eigenvalue weighted by molar-refractivity contribution is 0.521. The summed E-state index contributed by atoms with van der Waals surface area (Å²) in [5.74, 6) is 0.651. The number of hydrogen-bond donors (Lipinski definition) is 0. The predicted octanol–water partition coefficient (Wildman–Crippen LogP) is 6.55. The van der Waals surface area contributed by atoms with Crippen LogP contribution in [0.4, 0.5) is 0 Å². The van der Waals surface area contributed by atoms with Crippen LogP contribution in [0, 0.1) is 12.8 Å². The van der Waals surface area contributed by atoms with Gasteiger partial charge in [-0.05, 0) is 5.92 Å². The molecule has 0 heteroatoms. The Morgan fingerprint density at radius 3 is 1.35 bits per heavy atom. The monoisotopic (exact) mass is 239 g/mol. The molecule has 1 unspecified atom stereocenters. The Bertz CT molecular complexity index is 126. The van der Waals surface area contributed by atoms with E-state index in [0.29, 0.717) is 5.92 Å². The van der Waals surface area contributed by atoms with Gasteiger partial charge >= 0.3 is 0 Å². The summed E-state index contributed by atoms with van der Waals surface area (Å²) in [6.07, 6.45) is 18.6. The molecule has 0 aromatic rings. The summed E-state index contributed by atoms with van der Waals surface area (Å²) in [6, 6.07) is 0. The van der Waals surface area contributed by atoms with Crippen LogP contribution in [0.15, 0.2) is 0 Å². The molecule has 1 atom stereocenters. The summed E-state index contributed by atoms with van der Waals surface area (Å²) >= 11 is 0. The van der Waals surface area contributed by atoms with Crippen LogP contribution in [0.25, 0.3) is 0 Å². The minimum absolute atomic E-state index is 0.651. The molecule has 0 N–H and O–H groups in total. The van der Waals surface area contributed by atoms with Crippen LogP contribution in [-0.4, -0.2) is 0 Å². The van der Waals surface area contributed by atoms with Crippen LogP contribution in [0.1, 0.15) is 97.3 Å². The van der Waals surface area contributed by atoms with Gasteiger partial charge in [0, 0.05) is 0 Å². The first-order valence-electron chi connectivity index (χ1n) is 8.10. The molecule has 0 rings (SSSR count). The summed E-state index contributed by atoms with van der Waals surface area (Å²) in [7, 11) is 0. The van der Waals surface area contributed by atoms with E-state index in [0.717, 1.165) is 0 Å². The van der Waals surface area contributed by atoms with Crippen molar-refractivity contribution >= 4 is 0 Å². The zero-order valence-corrected chi connectivity index (χ0v) is 12.5. The van der Waals surface area contributed by atoms with Crippen molar-refractivity contribution in [3.8, 4) is 0 Å². The topological polar surface area (TPSA) is 0 Å². The molecule has 0 fully saturated rings. The van der Waals surface area contributed by atoms with Crippen LogP contribution in [0.5, 0.6) is 0 Å². The minimum Gasteiger partial charge on any atom is -0.0654 e. The summed E-state index contributed by atoms with van der Waals surface area (Å²) in [5.41, 5.74) is 0. The van der Waals surface area contributed by atoms with Gasteiger partial charge in [-0.2, -0.15) is 0 Å². The Hall–Kier alpha value is 0. The van der Waals surface area contributed by atoms with Crippen molar-refractivity contribution in [2.24, 2.45) is 5.92 Å². The van der Waals surface area contributed by atoms with E-state index in [4.69, 9.17) is 0 Å². The van der Waals surface area contributed by atoms with E-state index >= 15 is 0 Å². The summed E-state index contributed by atoms with van der Waals surface area (Å²) < 4.78 is 0. The van der Waals surface area contributed by atoms with E-state index in [1.807, 2.05) is 0 Å². The minimum atomic E-state index is 0.651. The smallest absolute Gasteiger partial charge is 0.0443 e. The molecule has 1 radical (unpaired) electrons. The molecule has 0 heterocycles. The molecule has 0 saturated carbocycles. The fourth-order valence-electron chi connectivity index (χ4n) is 2.33. The van der Waals surface area contributed by atoms with Crippen LogP contribution in [0.2, 0.25) is 0 Å². The molecule has 0 amide bonds. The summed E-state index contributed by atoms with van der Waals surface area (Å²) in [5, 5.41) is 0. The van der Waals surface area contributed by atoms with Crippen molar-refractivity contribution in [1.29, 1.82) is 0 Å². The van der Waals surface area contributed by atoms with Crippen molar-refractivity contribution in [1.82, 2.24) is 0 Å². The molecule has 0 aliphatic heterocycles. The van der Waals surface area contributed by atoms with Gasteiger partial charge in [0.15, 0.2) is 0 Å². The maximum absolute atomic E-state index is 4.03. The van der Waals surface area contributed by atoms with Gasteiger partial charge < -0.3 is 0 Å². The maximum Gasteiger partial charge on any atom is -0.0443 e. The van der Waals surface area contributed by atoms with Gasteiger partial charge in [-0.15, -0.1) is 0 Å². The van der Waals surface area contributed by atoms with Gasteiger partial charge in [0.2, 0.25) is 0 Å². The molecule has 0 aromatic carbocycles. The molecule has 0 aliphatic carbocycles. The van der Waals surface area contributed by atoms with Crippen LogP contribution in [0.3, 0.4) is 0 Å². The predicted molar refractivity (Wildman–Crippen MR) is 80.2 cm³/mol. The molecule has 0 spiro atoms. The number of unbranched alkanes of at least 4 members (excludes halogenated alkanes) is 11. The third-order valence-corrected chi connectivity index (χ3v) is 3.55. The van der Waals surface area contributed by atoms with E-state index < -0.39 is 0 Å². The Balaban J connectivity index is 2.89. The van der Waals surface area contributed by atoms with Crippen molar-refractivity contribution in [3.05, 3.63) is 6.92 Å². The summed E-state index contributed by atoms with van der Waals surface area (Å²) in [6.45, 7) is 8.54. The van der Waals surface area contributed by atoms with Gasteiger partial charge in [0.05, 0.1) is 0 Å². The SMILES string of the molecule is [CH2]C(C)CCCCCCCCCCCCCC. The van der Waals surface area contributed by atoms with Crippen molar-refractivity contribution in [2.45, 2.75) is 97.3 Å². The molecule has 17 heavy (non-hydrogen) atoms. The van der Waals surface area contributed by atoms with Crippen molar-refractivity contribution < 1.29 is 0 Å². The van der Waals surface area contributed by atoms with Gasteiger partial charge in [0.1, 0.15) is 0 Å². The fourth-order valence-corrected chi connectivity index (χ4v) is 2.33. The van der Waals surface area contributed by atoms with Crippen molar-refractivity contribution in [2.75, 3.05) is 0 Å². The van der Waals surface area contributed by atoms with E-state index in [-0.39, 0.29) is 0 Å². The normalized spacial score (nSPS) is 11.3. The second-order valence-electron chi connectivity index (χ2n) is 5.78. The largest absolute Gasteiger partial charge is 0.0654 e. The fraction of sp³-hybridized carbons (Fsp3) is 0.941. The highest BCUT2D eigenvalue weighted by Gasteiger charge is 1.95. The zero-order valence-electron chi connectivity index (χ0n) is 12.5. The molecular weight excluding hydrogens is 204 g/mol. The molecule has 0 nitrogen and oxygen atoms in total. The highest BCUT2D eigenvalue weighted by atomic mass is 14.0. The highest BCUT2D eigenvalue weighted by Crippen LogP contribution is 2.13. The van der Waals surface area contributed by atoms with Gasteiger partial charge in [-0.3, -0.25) is 0 Å². The Morgan fingerprint density at radius 2 is 1.00 bits per heavy atom. The molecular formula is C17H35. The van der Waals surface area contributed by atoms with Gasteiger partial charge in [0.25, 0.3) is 0 Å². The zero-order chi connectivity index (χ0) is 12.8. The first-order chi connectivity index (χ1) is 8.27. The molecule has 0 aromatic heterocycles. The van der Waals surface area contributed by atoms with E-state index in [2.05, 4.69) is 20.8 Å². The van der Waals surface area contributed by atoms with Crippen LogP contribution in [-0.2, 0) is 0 Å². The Morgan fingerprint density at radius 1 is 0.647 bits per heavy atom. The standard InChI is InChI=1S/C17H35/c1-4-5-6-7-8-9-10-11-12-13-14-15-16-17(2)3/h17H,2,4-16H2,1,3H3. The molecule has 0 bridgehead atoms. The van der Waals surface area contributed by atoms with E-state index in [9.17, 15) is 0 Å². The lowest BCUT2D eigenvalue weighted by Crippen LogP contribution is -1.87. The van der Waals surface area contributed by atoms with Gasteiger partial charge in [-0.25, -0.2) is 0 Å². The Kier molecular flexibility index (Phi) is 14.1. The lowest BCUT2D eigenvalue weighted by Gasteiger charge is -2.04. The van der Waals surface area contributed by atoms with Gasteiger partial charge in [-0.1, -0.05) is 104 Å². The third-order valence-electron chi connectivity index (χ3n) is 3.55. The van der Waals surface area contributed by atoms with Crippen LogP contribution < -0.4 is 0 Å². The molecule has 0 aliphatic rings. The van der Waals surface area contributed by atoms with E-state index in [1.54, 1.807) is 0 Å². The van der Waals surface area contributed by atoms with Crippen molar-refractivity contribution in [3.63, 3.8) is 0 Å². The molecule has 103 valence electrons. The molecule has 0 saturated heterocycles. The Labute approximate surface area is 111 Å². The van der Waals surface area contributed by atoms with Crippen LogP contribution >= 0.6 is 0 Å². The average molecular weight is 239 g/mol. The summed E-state index contributed by atoms with van der Waals surface area (Å²) in [4.78, 5) is 0. The second kappa shape index (κ2) is 14.1. The highest BCUT2D eigenvalue weighted by molar-refractivity contribution is 4.54. The van der Waals surface area contributed by atoms with E-state index in [1.165, 1.54) is 83.5 Å². The quantitative estimate of drug-likeness (QED) is 0.320. The first kappa shape index (κ1) is 17.0. The third kappa shape index (κ3) is 16.0. The maximum atomic E-state index is 4.03. The number of hydrogen-bond acceptors (Lipinski definition) is 0. The first-order valence-corrected chi connectivity index (χ1v) is 8.10. The second-order valence-corrected chi connectivity index (χ2v) is 5.78.